The second-order valence-corrected chi connectivity index (χ2v) is 7.33. The minimum atomic E-state index is -0.431. The maximum absolute atomic E-state index is 13.4. The van der Waals surface area contributed by atoms with Crippen molar-refractivity contribution < 1.29 is 13.6 Å². The van der Waals surface area contributed by atoms with E-state index in [4.69, 9.17) is 0 Å². The molecule has 0 bridgehead atoms. The topological polar surface area (TPSA) is 56.4 Å². The predicted octanol–water partition coefficient (Wildman–Crippen LogP) is 3.28. The molecular weight excluding hydrogens is 388 g/mol. The van der Waals surface area contributed by atoms with Crippen LogP contribution < -0.4 is 5.56 Å². The number of rotatable bonds is 4. The lowest BCUT2D eigenvalue weighted by molar-refractivity contribution is 0.0627. The van der Waals surface area contributed by atoms with Crippen LogP contribution in [0.2, 0.25) is 0 Å². The number of hydrogen-bond donors (Lipinski definition) is 1. The van der Waals surface area contributed by atoms with Gasteiger partial charge in [0.15, 0.2) is 0 Å². The zero-order valence-corrected chi connectivity index (χ0v) is 16.3. The smallest absolute Gasteiger partial charge is 0.254 e. The molecule has 1 fully saturated rings. The molecule has 2 aromatic carbocycles. The molecule has 0 radical (unpaired) electrons. The molecule has 1 saturated heterocycles. The summed E-state index contributed by atoms with van der Waals surface area (Å²) in [4.78, 5) is 31.4. The van der Waals surface area contributed by atoms with Crippen LogP contribution >= 0.6 is 0 Å². The molecule has 4 rings (SSSR count). The first-order chi connectivity index (χ1) is 14.5. The first-order valence-electron chi connectivity index (χ1n) is 9.74. The van der Waals surface area contributed by atoms with Crippen molar-refractivity contribution in [2.24, 2.45) is 0 Å². The monoisotopic (exact) mass is 409 g/mol. The first-order valence-corrected chi connectivity index (χ1v) is 9.74. The van der Waals surface area contributed by atoms with Crippen molar-refractivity contribution in [2.45, 2.75) is 6.54 Å². The Morgan fingerprint density at radius 2 is 1.63 bits per heavy atom. The van der Waals surface area contributed by atoms with Crippen molar-refractivity contribution in [3.63, 3.8) is 0 Å². The van der Waals surface area contributed by atoms with Crippen molar-refractivity contribution in [3.05, 3.63) is 93.9 Å². The van der Waals surface area contributed by atoms with E-state index in [9.17, 15) is 18.4 Å². The van der Waals surface area contributed by atoms with E-state index in [1.54, 1.807) is 29.3 Å². The van der Waals surface area contributed by atoms with Gasteiger partial charge in [0, 0.05) is 50.0 Å². The summed E-state index contributed by atoms with van der Waals surface area (Å²) in [7, 11) is 0. The number of amides is 1. The molecule has 1 aromatic heterocycles. The van der Waals surface area contributed by atoms with Crippen LogP contribution in [0.3, 0.4) is 0 Å². The van der Waals surface area contributed by atoms with E-state index >= 15 is 0 Å². The molecule has 7 heteroatoms. The van der Waals surface area contributed by atoms with Gasteiger partial charge in [0.1, 0.15) is 11.6 Å². The molecule has 0 aliphatic carbocycles. The highest BCUT2D eigenvalue weighted by Gasteiger charge is 2.23. The third-order valence-electron chi connectivity index (χ3n) is 5.28. The number of hydrogen-bond acceptors (Lipinski definition) is 3. The third-order valence-corrected chi connectivity index (χ3v) is 5.28. The molecule has 5 nitrogen and oxygen atoms in total. The molecule has 3 aromatic rings. The van der Waals surface area contributed by atoms with Crippen molar-refractivity contribution in [1.29, 1.82) is 0 Å². The lowest BCUT2D eigenvalue weighted by Crippen LogP contribution is -2.48. The minimum absolute atomic E-state index is 0.167. The Balaban J connectivity index is 1.41. The lowest BCUT2D eigenvalue weighted by Gasteiger charge is -2.34. The zero-order valence-electron chi connectivity index (χ0n) is 16.3. The summed E-state index contributed by atoms with van der Waals surface area (Å²) in [5.74, 6) is -0.931. The number of aromatic nitrogens is 1. The van der Waals surface area contributed by atoms with Gasteiger partial charge in [-0.3, -0.25) is 14.5 Å². The van der Waals surface area contributed by atoms with E-state index in [0.717, 1.165) is 11.1 Å². The van der Waals surface area contributed by atoms with Crippen LogP contribution in [0.4, 0.5) is 8.78 Å². The van der Waals surface area contributed by atoms with Crippen molar-refractivity contribution in [2.75, 3.05) is 26.2 Å². The molecule has 1 N–H and O–H groups in total. The fourth-order valence-electron chi connectivity index (χ4n) is 3.61. The first kappa shape index (κ1) is 20.0. The number of H-pyrrole nitrogens is 1. The van der Waals surface area contributed by atoms with Gasteiger partial charge < -0.3 is 9.88 Å². The zero-order chi connectivity index (χ0) is 21.1. The third kappa shape index (κ3) is 4.46. The van der Waals surface area contributed by atoms with Gasteiger partial charge in [-0.2, -0.15) is 0 Å². The van der Waals surface area contributed by atoms with Gasteiger partial charge >= 0.3 is 0 Å². The quantitative estimate of drug-likeness (QED) is 0.720. The van der Waals surface area contributed by atoms with Crippen molar-refractivity contribution in [1.82, 2.24) is 14.8 Å². The Hall–Kier alpha value is -3.32. The second kappa shape index (κ2) is 8.59. The van der Waals surface area contributed by atoms with Gasteiger partial charge in [-0.05, 0) is 47.5 Å². The Kier molecular flexibility index (Phi) is 5.72. The summed E-state index contributed by atoms with van der Waals surface area (Å²) >= 11 is 0. The van der Waals surface area contributed by atoms with E-state index in [0.29, 0.717) is 43.9 Å². The van der Waals surface area contributed by atoms with E-state index < -0.39 is 5.82 Å². The second-order valence-electron chi connectivity index (χ2n) is 7.33. The fraction of sp³-hybridized carbons (Fsp3) is 0.217. The van der Waals surface area contributed by atoms with Crippen LogP contribution in [-0.2, 0) is 6.54 Å². The van der Waals surface area contributed by atoms with Crippen LogP contribution in [-0.4, -0.2) is 46.9 Å². The van der Waals surface area contributed by atoms with Gasteiger partial charge in [0.25, 0.3) is 11.5 Å². The van der Waals surface area contributed by atoms with Crippen molar-refractivity contribution in [3.8, 4) is 11.1 Å². The number of piperazine rings is 1. The summed E-state index contributed by atoms with van der Waals surface area (Å²) in [6.45, 7) is 2.69. The summed E-state index contributed by atoms with van der Waals surface area (Å²) in [6, 6.07) is 13.6. The number of carbonyl (C=O) groups excluding carboxylic acids is 1. The number of benzene rings is 2. The summed E-state index contributed by atoms with van der Waals surface area (Å²) in [6.07, 6.45) is 1.62. The lowest BCUT2D eigenvalue weighted by atomic mass is 10.1. The van der Waals surface area contributed by atoms with Crippen molar-refractivity contribution >= 4 is 5.91 Å². The van der Waals surface area contributed by atoms with E-state index in [2.05, 4.69) is 9.88 Å². The molecule has 2 heterocycles. The maximum Gasteiger partial charge on any atom is 0.254 e. The van der Waals surface area contributed by atoms with Crippen LogP contribution in [0.15, 0.2) is 65.6 Å². The molecule has 154 valence electrons. The van der Waals surface area contributed by atoms with Crippen LogP contribution in [0.1, 0.15) is 15.9 Å². The number of aromatic amines is 1. The summed E-state index contributed by atoms with van der Waals surface area (Å²) < 4.78 is 26.5. The molecule has 0 unspecified atom stereocenters. The molecule has 1 aliphatic rings. The molecule has 30 heavy (non-hydrogen) atoms. The average Bonchev–Trinajstić information content (AvgIpc) is 2.76. The molecule has 1 amide bonds. The minimum Gasteiger partial charge on any atom is -0.336 e. The van der Waals surface area contributed by atoms with E-state index in [-0.39, 0.29) is 17.3 Å². The fourth-order valence-corrected chi connectivity index (χ4v) is 3.61. The number of nitrogens with zero attached hydrogens (tertiary/aromatic N) is 2. The van der Waals surface area contributed by atoms with Gasteiger partial charge in [0.2, 0.25) is 0 Å². The summed E-state index contributed by atoms with van der Waals surface area (Å²) in [5.41, 5.74) is 2.41. The standard InChI is InChI=1S/C23H21F2N3O2/c24-20-6-4-16(5-7-20)18-12-19(22(29)26-14-18)15-27-8-10-28(11-9-27)23(30)17-2-1-3-21(25)13-17/h1-7,12-14H,8-11,15H2,(H,26,29). The molecular formula is C23H21F2N3O2. The number of carbonyl (C=O) groups is 1. The van der Waals surface area contributed by atoms with E-state index in [1.807, 2.05) is 6.07 Å². The summed E-state index contributed by atoms with van der Waals surface area (Å²) in [5, 5.41) is 0. The Bertz CT molecular complexity index is 1100. The number of nitrogens with one attached hydrogen (secondary N) is 1. The predicted molar refractivity (Wildman–Crippen MR) is 110 cm³/mol. The average molecular weight is 409 g/mol. The van der Waals surface area contributed by atoms with Crippen LogP contribution in [0.5, 0.6) is 0 Å². The highest BCUT2D eigenvalue weighted by molar-refractivity contribution is 5.94. The van der Waals surface area contributed by atoms with Gasteiger partial charge in [-0.15, -0.1) is 0 Å². The van der Waals surface area contributed by atoms with Gasteiger partial charge in [0.05, 0.1) is 0 Å². The normalized spacial score (nSPS) is 14.7. The highest BCUT2D eigenvalue weighted by Crippen LogP contribution is 2.19. The van der Waals surface area contributed by atoms with Crippen LogP contribution in [0, 0.1) is 11.6 Å². The van der Waals surface area contributed by atoms with Gasteiger partial charge in [-0.25, -0.2) is 8.78 Å². The molecule has 0 atom stereocenters. The largest absolute Gasteiger partial charge is 0.336 e. The highest BCUT2D eigenvalue weighted by atomic mass is 19.1. The van der Waals surface area contributed by atoms with Gasteiger partial charge in [-0.1, -0.05) is 18.2 Å². The molecule has 0 saturated carbocycles. The maximum atomic E-state index is 13.4. The molecule has 0 spiro atoms. The number of halogens is 2. The SMILES string of the molecule is O=C(c1cccc(F)c1)N1CCN(Cc2cc(-c3ccc(F)cc3)c[nH]c2=O)CC1. The van der Waals surface area contributed by atoms with E-state index in [1.165, 1.54) is 30.3 Å². The number of pyridine rings is 1. The Morgan fingerprint density at radius 1 is 0.900 bits per heavy atom. The Morgan fingerprint density at radius 3 is 2.33 bits per heavy atom. The Labute approximate surface area is 172 Å². The molecule has 1 aliphatic heterocycles. The van der Waals surface area contributed by atoms with Crippen LogP contribution in [0.25, 0.3) is 11.1 Å².